The fraction of sp³-hybridized carbons (Fsp3) is 0.333. The van der Waals surface area contributed by atoms with Crippen LogP contribution in [-0.4, -0.2) is 35.0 Å². The van der Waals surface area contributed by atoms with E-state index in [0.717, 1.165) is 15.4 Å². The van der Waals surface area contributed by atoms with E-state index < -0.39 is 5.97 Å². The number of halogens is 1. The number of carboxylic acids is 1. The zero-order chi connectivity index (χ0) is 15.1. The lowest BCUT2D eigenvalue weighted by Crippen LogP contribution is -2.50. The Balaban J connectivity index is 1.80. The summed E-state index contributed by atoms with van der Waals surface area (Å²) >= 11 is 3.40. The fourth-order valence-corrected chi connectivity index (χ4v) is 3.01. The molecule has 1 aliphatic rings. The second-order valence-corrected chi connectivity index (χ2v) is 6.29. The number of amides is 1. The van der Waals surface area contributed by atoms with Gasteiger partial charge in [0.25, 0.3) is 5.91 Å². The first-order chi connectivity index (χ1) is 9.95. The SMILES string of the molecule is Cc1c(C(=O)N2CC(CC(=O)O)C2)oc2ccc(Br)cc12. The summed E-state index contributed by atoms with van der Waals surface area (Å²) in [5, 5.41) is 9.64. The molecule has 1 amide bonds. The highest BCUT2D eigenvalue weighted by atomic mass is 79.9. The van der Waals surface area contributed by atoms with Crippen LogP contribution in [0, 0.1) is 12.8 Å². The average molecular weight is 352 g/mol. The third kappa shape index (κ3) is 2.55. The predicted molar refractivity (Wildman–Crippen MR) is 80.3 cm³/mol. The average Bonchev–Trinajstić information content (AvgIpc) is 2.70. The molecule has 1 saturated heterocycles. The summed E-state index contributed by atoms with van der Waals surface area (Å²) in [6, 6.07) is 5.62. The van der Waals surface area contributed by atoms with Crippen molar-refractivity contribution in [3.8, 4) is 0 Å². The van der Waals surface area contributed by atoms with E-state index in [1.807, 2.05) is 25.1 Å². The minimum Gasteiger partial charge on any atom is -0.481 e. The van der Waals surface area contributed by atoms with Crippen molar-refractivity contribution in [2.24, 2.45) is 5.92 Å². The molecule has 0 bridgehead atoms. The number of hydrogen-bond acceptors (Lipinski definition) is 3. The number of nitrogens with zero attached hydrogens (tertiary/aromatic N) is 1. The zero-order valence-corrected chi connectivity index (χ0v) is 13.0. The van der Waals surface area contributed by atoms with Gasteiger partial charge in [-0.15, -0.1) is 0 Å². The van der Waals surface area contributed by atoms with Crippen LogP contribution in [0.4, 0.5) is 0 Å². The van der Waals surface area contributed by atoms with E-state index >= 15 is 0 Å². The predicted octanol–water partition coefficient (Wildman–Crippen LogP) is 3.05. The molecule has 0 spiro atoms. The molecule has 0 atom stereocenters. The van der Waals surface area contributed by atoms with Crippen molar-refractivity contribution in [2.45, 2.75) is 13.3 Å². The molecule has 1 aliphatic heterocycles. The van der Waals surface area contributed by atoms with Crippen molar-refractivity contribution in [1.29, 1.82) is 0 Å². The van der Waals surface area contributed by atoms with Crippen molar-refractivity contribution in [3.63, 3.8) is 0 Å². The third-order valence-electron chi connectivity index (χ3n) is 3.80. The van der Waals surface area contributed by atoms with Gasteiger partial charge in [-0.2, -0.15) is 0 Å². The van der Waals surface area contributed by atoms with Gasteiger partial charge in [-0.1, -0.05) is 15.9 Å². The number of carboxylic acid groups (broad SMARTS) is 1. The van der Waals surface area contributed by atoms with Crippen LogP contribution in [0.2, 0.25) is 0 Å². The minimum atomic E-state index is -0.822. The number of carbonyl (C=O) groups is 2. The van der Waals surface area contributed by atoms with E-state index in [9.17, 15) is 9.59 Å². The largest absolute Gasteiger partial charge is 0.481 e. The Morgan fingerprint density at radius 2 is 2.14 bits per heavy atom. The highest BCUT2D eigenvalue weighted by molar-refractivity contribution is 9.10. The number of aryl methyl sites for hydroxylation is 1. The molecule has 0 radical (unpaired) electrons. The van der Waals surface area contributed by atoms with E-state index in [1.54, 1.807) is 4.90 Å². The van der Waals surface area contributed by atoms with E-state index in [0.29, 0.717) is 24.4 Å². The molecule has 1 aromatic heterocycles. The summed E-state index contributed by atoms with van der Waals surface area (Å²) in [7, 11) is 0. The van der Waals surface area contributed by atoms with Gasteiger partial charge < -0.3 is 14.4 Å². The third-order valence-corrected chi connectivity index (χ3v) is 4.29. The number of hydrogen-bond donors (Lipinski definition) is 1. The van der Waals surface area contributed by atoms with Crippen molar-refractivity contribution in [3.05, 3.63) is 34.0 Å². The minimum absolute atomic E-state index is 0.0466. The number of likely N-dealkylation sites (tertiary alicyclic amines) is 1. The van der Waals surface area contributed by atoms with Crippen molar-refractivity contribution >= 4 is 38.8 Å². The highest BCUT2D eigenvalue weighted by Crippen LogP contribution is 2.30. The van der Waals surface area contributed by atoms with E-state index in [-0.39, 0.29) is 18.2 Å². The number of fused-ring (bicyclic) bond motifs is 1. The maximum Gasteiger partial charge on any atom is 0.303 e. The monoisotopic (exact) mass is 351 g/mol. The summed E-state index contributed by atoms with van der Waals surface area (Å²) < 4.78 is 6.59. The number of furan rings is 1. The second-order valence-electron chi connectivity index (χ2n) is 5.37. The number of carbonyl (C=O) groups excluding carboxylic acids is 1. The Hall–Kier alpha value is -1.82. The molecule has 21 heavy (non-hydrogen) atoms. The molecule has 1 aromatic carbocycles. The van der Waals surface area contributed by atoms with Crippen molar-refractivity contribution in [2.75, 3.05) is 13.1 Å². The maximum atomic E-state index is 12.4. The van der Waals surface area contributed by atoms with Gasteiger partial charge in [-0.25, -0.2) is 0 Å². The first-order valence-corrected chi connectivity index (χ1v) is 7.44. The van der Waals surface area contributed by atoms with Gasteiger partial charge in [-0.3, -0.25) is 9.59 Å². The molecule has 2 aromatic rings. The van der Waals surface area contributed by atoms with Crippen LogP contribution in [0.3, 0.4) is 0 Å². The molecular formula is C15H14BrNO4. The van der Waals surface area contributed by atoms with Crippen LogP contribution in [0.25, 0.3) is 11.0 Å². The zero-order valence-electron chi connectivity index (χ0n) is 11.4. The molecule has 6 heteroatoms. The quantitative estimate of drug-likeness (QED) is 0.922. The summed E-state index contributed by atoms with van der Waals surface area (Å²) in [5.41, 5.74) is 1.50. The Labute approximate surface area is 129 Å². The number of benzene rings is 1. The van der Waals surface area contributed by atoms with Crippen LogP contribution >= 0.6 is 15.9 Å². The lowest BCUT2D eigenvalue weighted by molar-refractivity contribution is -0.139. The van der Waals surface area contributed by atoms with E-state index in [1.165, 1.54) is 0 Å². The van der Waals surface area contributed by atoms with Gasteiger partial charge in [0.1, 0.15) is 5.58 Å². The second kappa shape index (κ2) is 5.18. The van der Waals surface area contributed by atoms with Crippen LogP contribution in [0.5, 0.6) is 0 Å². The molecule has 2 heterocycles. The molecular weight excluding hydrogens is 338 g/mol. The molecule has 0 aliphatic carbocycles. The van der Waals surface area contributed by atoms with Crippen molar-refractivity contribution in [1.82, 2.24) is 4.90 Å². The highest BCUT2D eigenvalue weighted by Gasteiger charge is 2.34. The van der Waals surface area contributed by atoms with Crippen LogP contribution in [0.15, 0.2) is 27.1 Å². The summed E-state index contributed by atoms with van der Waals surface area (Å²) in [6.45, 7) is 2.82. The fourth-order valence-electron chi connectivity index (χ4n) is 2.65. The van der Waals surface area contributed by atoms with Gasteiger partial charge in [0, 0.05) is 34.4 Å². The number of rotatable bonds is 3. The topological polar surface area (TPSA) is 70.8 Å². The lowest BCUT2D eigenvalue weighted by Gasteiger charge is -2.38. The smallest absolute Gasteiger partial charge is 0.303 e. The van der Waals surface area contributed by atoms with Gasteiger partial charge >= 0.3 is 5.97 Å². The number of aliphatic carboxylic acids is 1. The first kappa shape index (κ1) is 14.1. The molecule has 3 rings (SSSR count). The molecule has 5 nitrogen and oxygen atoms in total. The van der Waals surface area contributed by atoms with Crippen molar-refractivity contribution < 1.29 is 19.1 Å². The first-order valence-electron chi connectivity index (χ1n) is 6.65. The van der Waals surface area contributed by atoms with E-state index in [4.69, 9.17) is 9.52 Å². The van der Waals surface area contributed by atoms with Crippen LogP contribution in [0.1, 0.15) is 22.5 Å². The van der Waals surface area contributed by atoms with Gasteiger partial charge in [0.15, 0.2) is 5.76 Å². The summed E-state index contributed by atoms with van der Waals surface area (Å²) in [4.78, 5) is 24.7. The van der Waals surface area contributed by atoms with Gasteiger partial charge in [0.05, 0.1) is 6.42 Å². The molecule has 0 saturated carbocycles. The molecule has 0 unspecified atom stereocenters. The van der Waals surface area contributed by atoms with E-state index in [2.05, 4.69) is 15.9 Å². The van der Waals surface area contributed by atoms with Crippen LogP contribution in [-0.2, 0) is 4.79 Å². The van der Waals surface area contributed by atoms with Crippen LogP contribution < -0.4 is 0 Å². The summed E-state index contributed by atoms with van der Waals surface area (Å²) in [6.07, 6.45) is 0.107. The Morgan fingerprint density at radius 1 is 1.43 bits per heavy atom. The van der Waals surface area contributed by atoms with Gasteiger partial charge in [0.2, 0.25) is 0 Å². The lowest BCUT2D eigenvalue weighted by atomic mass is 9.96. The Bertz CT molecular complexity index is 731. The normalized spacial score (nSPS) is 15.2. The molecule has 1 fully saturated rings. The summed E-state index contributed by atoms with van der Waals surface area (Å²) in [5.74, 6) is -0.597. The standard InChI is InChI=1S/C15H14BrNO4/c1-8-11-5-10(16)2-3-12(11)21-14(8)15(20)17-6-9(7-17)4-13(18)19/h2-3,5,9H,4,6-7H2,1H3,(H,18,19). The Kier molecular flexibility index (Phi) is 3.49. The maximum absolute atomic E-state index is 12.4. The molecule has 110 valence electrons. The van der Waals surface area contributed by atoms with Gasteiger partial charge in [-0.05, 0) is 25.1 Å². The Morgan fingerprint density at radius 3 is 2.81 bits per heavy atom. The molecule has 1 N–H and O–H groups in total.